The van der Waals surface area contributed by atoms with Crippen molar-refractivity contribution in [2.45, 2.75) is 4.90 Å². The van der Waals surface area contributed by atoms with Crippen LogP contribution in [0.5, 0.6) is 0 Å². The number of benzene rings is 2. The average Bonchev–Trinajstić information content (AvgIpc) is 2.58. The lowest BCUT2D eigenvalue weighted by Gasteiger charge is -2.17. The Balaban J connectivity index is 1.86. The Morgan fingerprint density at radius 1 is 1.00 bits per heavy atom. The van der Waals surface area contributed by atoms with E-state index in [2.05, 4.69) is 10.6 Å². The molecular weight excluding hydrogens is 393 g/mol. The second-order valence-corrected chi connectivity index (χ2v) is 7.29. The van der Waals surface area contributed by atoms with E-state index < -0.39 is 0 Å². The van der Waals surface area contributed by atoms with Crippen molar-refractivity contribution < 1.29 is 9.59 Å². The molecule has 26 heavy (non-hydrogen) atoms. The summed E-state index contributed by atoms with van der Waals surface area (Å²) in [7, 11) is 1.69. The van der Waals surface area contributed by atoms with Gasteiger partial charge in [0, 0.05) is 10.6 Å². The number of nitrogens with zero attached hydrogens (tertiary/aromatic N) is 1. The molecule has 2 aromatic carbocycles. The van der Waals surface area contributed by atoms with Gasteiger partial charge >= 0.3 is 0 Å². The molecule has 2 N–H and O–H groups in total. The highest BCUT2D eigenvalue weighted by atomic mass is 35.5. The van der Waals surface area contributed by atoms with Gasteiger partial charge in [0.05, 0.1) is 28.8 Å². The lowest BCUT2D eigenvalue weighted by Crippen LogP contribution is -2.36. The summed E-state index contributed by atoms with van der Waals surface area (Å²) in [5, 5.41) is 6.21. The number of anilines is 2. The molecule has 0 aromatic heterocycles. The van der Waals surface area contributed by atoms with E-state index in [1.807, 2.05) is 30.5 Å². The van der Waals surface area contributed by atoms with Crippen molar-refractivity contribution in [2.24, 2.45) is 0 Å². The zero-order valence-corrected chi connectivity index (χ0v) is 16.7. The number of thioether (sulfide) groups is 1. The van der Waals surface area contributed by atoms with E-state index in [0.29, 0.717) is 15.7 Å². The smallest absolute Gasteiger partial charge is 0.238 e. The van der Waals surface area contributed by atoms with Crippen LogP contribution in [-0.2, 0) is 9.59 Å². The Morgan fingerprint density at radius 3 is 2.19 bits per heavy atom. The summed E-state index contributed by atoms with van der Waals surface area (Å²) in [6.07, 6.45) is 1.97. The van der Waals surface area contributed by atoms with Gasteiger partial charge < -0.3 is 10.6 Å². The largest absolute Gasteiger partial charge is 0.325 e. The molecule has 0 aliphatic heterocycles. The van der Waals surface area contributed by atoms with Gasteiger partial charge in [-0.05, 0) is 43.6 Å². The molecule has 0 aliphatic rings. The number of amides is 2. The summed E-state index contributed by atoms with van der Waals surface area (Å²) in [6, 6.07) is 12.6. The maximum Gasteiger partial charge on any atom is 0.238 e. The van der Waals surface area contributed by atoms with Gasteiger partial charge in [-0.3, -0.25) is 14.5 Å². The van der Waals surface area contributed by atoms with E-state index in [4.69, 9.17) is 23.2 Å². The predicted octanol–water partition coefficient (Wildman–Crippen LogP) is 4.22. The normalized spacial score (nSPS) is 10.7. The Labute approximate surface area is 167 Å². The van der Waals surface area contributed by atoms with Gasteiger partial charge in [-0.15, -0.1) is 11.8 Å². The monoisotopic (exact) mass is 411 g/mol. The quantitative estimate of drug-likeness (QED) is 0.669. The summed E-state index contributed by atoms with van der Waals surface area (Å²) >= 11 is 13.7. The molecular formula is C18H19Cl2N3O2S. The van der Waals surface area contributed by atoms with E-state index in [0.717, 1.165) is 10.6 Å². The fourth-order valence-electron chi connectivity index (χ4n) is 2.24. The van der Waals surface area contributed by atoms with Crippen LogP contribution < -0.4 is 10.6 Å². The van der Waals surface area contributed by atoms with Crippen LogP contribution >= 0.6 is 35.0 Å². The van der Waals surface area contributed by atoms with Crippen molar-refractivity contribution in [3.8, 4) is 0 Å². The first-order valence-electron chi connectivity index (χ1n) is 7.75. The molecule has 138 valence electrons. The maximum atomic E-state index is 12.1. The van der Waals surface area contributed by atoms with Crippen LogP contribution in [-0.4, -0.2) is 43.1 Å². The van der Waals surface area contributed by atoms with Gasteiger partial charge in [-0.2, -0.15) is 0 Å². The molecule has 5 nitrogen and oxygen atoms in total. The van der Waals surface area contributed by atoms with Crippen LogP contribution in [0.3, 0.4) is 0 Å². The molecule has 0 heterocycles. The highest BCUT2D eigenvalue weighted by Crippen LogP contribution is 2.29. The van der Waals surface area contributed by atoms with Gasteiger partial charge in [-0.25, -0.2) is 0 Å². The molecule has 0 saturated heterocycles. The minimum absolute atomic E-state index is 0.0276. The van der Waals surface area contributed by atoms with Crippen molar-refractivity contribution in [2.75, 3.05) is 37.0 Å². The van der Waals surface area contributed by atoms with Crippen LogP contribution in [0.4, 0.5) is 11.4 Å². The third-order valence-corrected chi connectivity index (χ3v) is 4.76. The van der Waals surface area contributed by atoms with E-state index in [-0.39, 0.29) is 24.9 Å². The summed E-state index contributed by atoms with van der Waals surface area (Å²) in [6.45, 7) is 0.104. The third-order valence-electron chi connectivity index (χ3n) is 3.41. The summed E-state index contributed by atoms with van der Waals surface area (Å²) in [4.78, 5) is 27.0. The summed E-state index contributed by atoms with van der Waals surface area (Å²) < 4.78 is 0. The van der Waals surface area contributed by atoms with E-state index in [1.54, 1.807) is 41.9 Å². The molecule has 2 rings (SSSR count). The lowest BCUT2D eigenvalue weighted by atomic mass is 10.3. The first-order valence-corrected chi connectivity index (χ1v) is 9.73. The maximum absolute atomic E-state index is 12.1. The van der Waals surface area contributed by atoms with Crippen molar-refractivity contribution in [1.82, 2.24) is 4.90 Å². The molecule has 0 saturated carbocycles. The van der Waals surface area contributed by atoms with Crippen molar-refractivity contribution in [3.05, 3.63) is 52.5 Å². The number of halogens is 2. The van der Waals surface area contributed by atoms with Gasteiger partial charge in [0.25, 0.3) is 0 Å². The summed E-state index contributed by atoms with van der Waals surface area (Å²) in [5.74, 6) is -0.506. The molecule has 0 aliphatic carbocycles. The SMILES string of the molecule is CSc1cccc(NC(=O)CN(C)CC(=O)Nc2c(Cl)cccc2Cl)c1. The highest BCUT2D eigenvalue weighted by molar-refractivity contribution is 7.98. The minimum Gasteiger partial charge on any atom is -0.325 e. The average molecular weight is 412 g/mol. The second-order valence-electron chi connectivity index (χ2n) is 5.60. The number of nitrogens with one attached hydrogen (secondary N) is 2. The van der Waals surface area contributed by atoms with E-state index in [1.165, 1.54) is 0 Å². The standard InChI is InChI=1S/C18H19Cl2N3O2S/c1-23(10-16(24)21-12-5-3-6-13(9-12)26-2)11-17(25)22-18-14(19)7-4-8-15(18)20/h3-9H,10-11H2,1-2H3,(H,21,24)(H,22,25). The van der Waals surface area contributed by atoms with Crippen molar-refractivity contribution in [3.63, 3.8) is 0 Å². The van der Waals surface area contributed by atoms with Gasteiger partial charge in [-0.1, -0.05) is 35.3 Å². The highest BCUT2D eigenvalue weighted by Gasteiger charge is 2.14. The van der Waals surface area contributed by atoms with Crippen LogP contribution in [0.15, 0.2) is 47.4 Å². The molecule has 2 amide bonds. The summed E-state index contributed by atoms with van der Waals surface area (Å²) in [5.41, 5.74) is 1.09. The molecule has 0 bridgehead atoms. The van der Waals surface area contributed by atoms with E-state index >= 15 is 0 Å². The predicted molar refractivity (Wildman–Crippen MR) is 109 cm³/mol. The Hall–Kier alpha value is -1.73. The minimum atomic E-state index is -0.306. The molecule has 2 aromatic rings. The first-order chi connectivity index (χ1) is 12.4. The topological polar surface area (TPSA) is 61.4 Å². The zero-order chi connectivity index (χ0) is 19.1. The second kappa shape index (κ2) is 9.83. The van der Waals surface area contributed by atoms with E-state index in [9.17, 15) is 9.59 Å². The molecule has 0 radical (unpaired) electrons. The third kappa shape index (κ3) is 6.21. The zero-order valence-electron chi connectivity index (χ0n) is 14.4. The van der Waals surface area contributed by atoms with Gasteiger partial charge in [0.2, 0.25) is 11.8 Å². The lowest BCUT2D eigenvalue weighted by molar-refractivity contribution is -0.119. The Bertz CT molecular complexity index is 782. The van der Waals surface area contributed by atoms with Crippen LogP contribution in [0.2, 0.25) is 10.0 Å². The van der Waals surface area contributed by atoms with Gasteiger partial charge in [0.1, 0.15) is 0 Å². The molecule has 0 fully saturated rings. The first kappa shape index (κ1) is 20.6. The molecule has 0 spiro atoms. The Morgan fingerprint density at radius 2 is 1.58 bits per heavy atom. The number of hydrogen-bond acceptors (Lipinski definition) is 4. The fraction of sp³-hybridized carbons (Fsp3) is 0.222. The van der Waals surface area contributed by atoms with Crippen molar-refractivity contribution in [1.29, 1.82) is 0 Å². The Kier molecular flexibility index (Phi) is 7.78. The fourth-order valence-corrected chi connectivity index (χ4v) is 3.20. The van der Waals surface area contributed by atoms with Crippen LogP contribution in [0, 0.1) is 0 Å². The molecule has 0 unspecified atom stereocenters. The number of likely N-dealkylation sites (N-methyl/N-ethyl adjacent to an activating group) is 1. The molecule has 0 atom stereocenters. The number of rotatable bonds is 7. The number of carbonyl (C=O) groups excluding carboxylic acids is 2. The van der Waals surface area contributed by atoms with Crippen LogP contribution in [0.25, 0.3) is 0 Å². The van der Waals surface area contributed by atoms with Crippen LogP contribution in [0.1, 0.15) is 0 Å². The molecule has 8 heteroatoms. The number of para-hydroxylation sites is 1. The number of carbonyl (C=O) groups is 2. The van der Waals surface area contributed by atoms with Gasteiger partial charge in [0.15, 0.2) is 0 Å². The van der Waals surface area contributed by atoms with Crippen molar-refractivity contribution >= 4 is 58.2 Å². The number of hydrogen-bond donors (Lipinski definition) is 2.